The zero-order chi connectivity index (χ0) is 23.1. The summed E-state index contributed by atoms with van der Waals surface area (Å²) < 4.78 is 10.9. The Morgan fingerprint density at radius 1 is 1.27 bits per heavy atom. The molecule has 1 fully saturated rings. The van der Waals surface area contributed by atoms with Crippen molar-refractivity contribution in [2.75, 3.05) is 29.1 Å². The third-order valence-electron chi connectivity index (χ3n) is 5.70. The lowest BCUT2D eigenvalue weighted by Crippen LogP contribution is -2.60. The second-order valence-corrected chi connectivity index (χ2v) is 8.96. The lowest BCUT2D eigenvalue weighted by molar-refractivity contribution is -0.759. The Bertz CT molecular complexity index is 1350. The number of nitrogen functional groups attached to an aromatic ring is 1. The van der Waals surface area contributed by atoms with Gasteiger partial charge >= 0.3 is 5.88 Å². The summed E-state index contributed by atoms with van der Waals surface area (Å²) in [5.41, 5.74) is 8.19. The van der Waals surface area contributed by atoms with Crippen molar-refractivity contribution in [3.63, 3.8) is 0 Å². The Morgan fingerprint density at radius 3 is 2.76 bits per heavy atom. The van der Waals surface area contributed by atoms with Crippen LogP contribution in [0.15, 0.2) is 33.5 Å². The van der Waals surface area contributed by atoms with Crippen LogP contribution in [0, 0.1) is 6.92 Å². The number of rotatable bonds is 5. The number of Topliss-reactive ketones (excluding diaryl/α,β-unsaturated/α-hetero) is 1. The number of hydrogen-bond acceptors (Lipinski definition) is 9. The summed E-state index contributed by atoms with van der Waals surface area (Å²) in [4.78, 5) is 32.5. The Morgan fingerprint density at radius 2 is 2.06 bits per heavy atom. The van der Waals surface area contributed by atoms with Crippen molar-refractivity contribution < 1.29 is 23.3 Å². The van der Waals surface area contributed by atoms with Gasteiger partial charge in [0.05, 0.1) is 41.1 Å². The van der Waals surface area contributed by atoms with Crippen LogP contribution in [-0.2, 0) is 0 Å². The maximum atomic E-state index is 13.1. The molecule has 33 heavy (non-hydrogen) atoms. The van der Waals surface area contributed by atoms with Crippen molar-refractivity contribution in [1.29, 1.82) is 0 Å². The van der Waals surface area contributed by atoms with E-state index < -0.39 is 5.91 Å². The van der Waals surface area contributed by atoms with E-state index in [1.165, 1.54) is 19.6 Å². The normalized spacial score (nSPS) is 14.1. The molecule has 170 valence electrons. The Labute approximate surface area is 192 Å². The van der Waals surface area contributed by atoms with E-state index in [0.29, 0.717) is 32.8 Å². The summed E-state index contributed by atoms with van der Waals surface area (Å²) in [7, 11) is 0. The van der Waals surface area contributed by atoms with E-state index in [4.69, 9.17) is 14.7 Å². The molecule has 0 aromatic carbocycles. The topological polar surface area (TPSA) is 131 Å². The lowest BCUT2D eigenvalue weighted by Gasteiger charge is -2.17. The van der Waals surface area contributed by atoms with Crippen molar-refractivity contribution in [2.45, 2.75) is 33.1 Å². The maximum Gasteiger partial charge on any atom is 0.306 e. The number of carbonyl (C=O) groups is 2. The summed E-state index contributed by atoms with van der Waals surface area (Å²) in [5, 5.41) is 9.31. The van der Waals surface area contributed by atoms with Gasteiger partial charge in [-0.15, -0.1) is 11.3 Å². The molecule has 1 saturated heterocycles. The molecule has 5 rings (SSSR count). The highest BCUT2D eigenvalue weighted by Gasteiger charge is 2.28. The summed E-state index contributed by atoms with van der Waals surface area (Å²) in [6.07, 6.45) is 6.54. The number of carbonyl (C=O) groups excluding carboxylic acids is 2. The smallest absolute Gasteiger partial charge is 0.306 e. The average Bonchev–Trinajstić information content (AvgIpc) is 3.54. The Balaban J connectivity index is 1.52. The second-order valence-electron chi connectivity index (χ2n) is 7.96. The largest absolute Gasteiger partial charge is 0.464 e. The van der Waals surface area contributed by atoms with Crippen LogP contribution in [-0.4, -0.2) is 35.0 Å². The third-order valence-corrected chi connectivity index (χ3v) is 6.80. The number of furan rings is 1. The molecule has 1 aliphatic rings. The van der Waals surface area contributed by atoms with Gasteiger partial charge in [-0.2, -0.15) is 5.01 Å². The van der Waals surface area contributed by atoms with Crippen LogP contribution in [0.1, 0.15) is 51.9 Å². The van der Waals surface area contributed by atoms with Crippen molar-refractivity contribution in [2.24, 2.45) is 0 Å². The molecule has 4 aromatic rings. The number of nitrogens with two attached hydrogens (primary N) is 1. The molecule has 0 spiro atoms. The van der Waals surface area contributed by atoms with Crippen LogP contribution < -0.4 is 20.9 Å². The number of pyridine rings is 1. The first-order chi connectivity index (χ1) is 15.9. The first kappa shape index (κ1) is 21.1. The summed E-state index contributed by atoms with van der Waals surface area (Å²) in [6, 6.07) is 3.49. The van der Waals surface area contributed by atoms with Crippen LogP contribution in [0.5, 0.6) is 0 Å². The second kappa shape index (κ2) is 8.32. The quantitative estimate of drug-likeness (QED) is 0.338. The zero-order valence-corrected chi connectivity index (χ0v) is 19.1. The number of ketones is 1. The number of thiophene rings is 1. The fourth-order valence-electron chi connectivity index (χ4n) is 4.21. The number of aromatic nitrogens is 3. The van der Waals surface area contributed by atoms with Gasteiger partial charge in [0.1, 0.15) is 15.5 Å². The Hall–Kier alpha value is -3.73. The summed E-state index contributed by atoms with van der Waals surface area (Å²) in [5.74, 6) is 0.103. The van der Waals surface area contributed by atoms with E-state index in [-0.39, 0.29) is 22.2 Å². The predicted molar refractivity (Wildman–Crippen MR) is 123 cm³/mol. The van der Waals surface area contributed by atoms with Crippen molar-refractivity contribution >= 4 is 44.8 Å². The molecule has 3 N–H and O–H groups in total. The number of nitrogens with one attached hydrogen (secondary N) is 1. The summed E-state index contributed by atoms with van der Waals surface area (Å²) >= 11 is 1.15. The molecule has 10 nitrogen and oxygen atoms in total. The molecular weight excluding hydrogens is 444 g/mol. The SMILES string of the molecule is CC(=O)c1c(C)nc2sc(C(=O)Nc3c[n+](N4CCCCC4)no3)c(N)c2c1-c1ccco1. The highest BCUT2D eigenvalue weighted by atomic mass is 32.1. The van der Waals surface area contributed by atoms with Gasteiger partial charge in [0, 0.05) is 10.9 Å². The number of anilines is 2. The van der Waals surface area contributed by atoms with Crippen LogP contribution in [0.2, 0.25) is 0 Å². The molecule has 1 aliphatic heterocycles. The van der Waals surface area contributed by atoms with Crippen LogP contribution in [0.4, 0.5) is 11.6 Å². The van der Waals surface area contributed by atoms with Gasteiger partial charge in [-0.05, 0) is 45.2 Å². The average molecular weight is 468 g/mol. The maximum absolute atomic E-state index is 13.1. The van der Waals surface area contributed by atoms with Gasteiger partial charge in [-0.25, -0.2) is 4.98 Å². The number of hydrogen-bond donors (Lipinski definition) is 2. The number of piperidine rings is 1. The highest BCUT2D eigenvalue weighted by Crippen LogP contribution is 2.42. The molecular formula is C22H23N6O4S+. The Kier molecular flexibility index (Phi) is 5.33. The molecule has 0 bridgehead atoms. The predicted octanol–water partition coefficient (Wildman–Crippen LogP) is 3.30. The molecule has 4 aromatic heterocycles. The molecule has 5 heterocycles. The van der Waals surface area contributed by atoms with Gasteiger partial charge in [0.15, 0.2) is 5.78 Å². The van der Waals surface area contributed by atoms with Gasteiger partial charge in [-0.1, -0.05) is 0 Å². The van der Waals surface area contributed by atoms with Crippen LogP contribution in [0.25, 0.3) is 21.5 Å². The van der Waals surface area contributed by atoms with Crippen molar-refractivity contribution in [1.82, 2.24) is 10.3 Å². The van der Waals surface area contributed by atoms with Crippen molar-refractivity contribution in [3.8, 4) is 11.3 Å². The van der Waals surface area contributed by atoms with E-state index in [2.05, 4.69) is 20.6 Å². The van der Waals surface area contributed by atoms with Gasteiger partial charge in [0.25, 0.3) is 12.1 Å². The van der Waals surface area contributed by atoms with E-state index in [1.54, 1.807) is 30.0 Å². The molecule has 0 unspecified atom stereocenters. The standard InChI is InChI=1S/C22H22N6O4S/c1-12-16(13(2)29)17(14-7-6-10-31-14)18-19(23)20(33-22(18)24-12)21(30)25-15-11-28(26-32-15)27-8-4-3-5-9-27/h6-7,10-11H,3-5,8-9H2,1-2H3,(H2-,23,25,26,30)/p+1. The lowest BCUT2D eigenvalue weighted by atomic mass is 9.97. The third kappa shape index (κ3) is 3.74. The fraction of sp³-hybridized carbons (Fsp3) is 0.318. The molecule has 0 saturated carbocycles. The van der Waals surface area contributed by atoms with E-state index in [9.17, 15) is 9.59 Å². The fourth-order valence-corrected chi connectivity index (χ4v) is 5.26. The first-order valence-electron chi connectivity index (χ1n) is 10.7. The molecule has 0 atom stereocenters. The molecule has 0 aliphatic carbocycles. The minimum Gasteiger partial charge on any atom is -0.464 e. The highest BCUT2D eigenvalue weighted by molar-refractivity contribution is 7.21. The minimum absolute atomic E-state index is 0.158. The van der Waals surface area contributed by atoms with Gasteiger partial charge in [-0.3, -0.25) is 19.4 Å². The zero-order valence-electron chi connectivity index (χ0n) is 18.3. The van der Waals surface area contributed by atoms with Crippen molar-refractivity contribution in [3.05, 3.63) is 40.7 Å². The van der Waals surface area contributed by atoms with Crippen LogP contribution in [0.3, 0.4) is 0 Å². The molecule has 11 heteroatoms. The van der Waals surface area contributed by atoms with E-state index in [0.717, 1.165) is 37.3 Å². The molecule has 0 radical (unpaired) electrons. The van der Waals surface area contributed by atoms with E-state index in [1.807, 2.05) is 0 Å². The number of amides is 1. The summed E-state index contributed by atoms with van der Waals surface area (Å²) in [6.45, 7) is 4.99. The number of nitrogens with zero attached hydrogens (tertiary/aromatic N) is 4. The van der Waals surface area contributed by atoms with E-state index >= 15 is 0 Å². The van der Waals surface area contributed by atoms with Gasteiger partial charge < -0.3 is 10.2 Å². The number of fused-ring (bicyclic) bond motifs is 1. The monoisotopic (exact) mass is 467 g/mol. The minimum atomic E-state index is -0.440. The van der Waals surface area contributed by atoms with Gasteiger partial charge in [0.2, 0.25) is 5.27 Å². The van der Waals surface area contributed by atoms with Crippen LogP contribution >= 0.6 is 11.3 Å². The number of aryl methyl sites for hydroxylation is 1. The molecule has 1 amide bonds. The first-order valence-corrected chi connectivity index (χ1v) is 11.5.